The molecule has 1 aromatic rings. The topological polar surface area (TPSA) is 44.1 Å². The highest BCUT2D eigenvalue weighted by Gasteiger charge is 2.25. The molecule has 94 valence electrons. The normalized spacial score (nSPS) is 19.7. The number of carbonyl (C=O) groups is 1. The van der Waals surface area contributed by atoms with Gasteiger partial charge >= 0.3 is 0 Å². The highest BCUT2D eigenvalue weighted by molar-refractivity contribution is 5.77. The second kappa shape index (κ2) is 5.63. The highest BCUT2D eigenvalue weighted by Crippen LogP contribution is 2.17. The van der Waals surface area contributed by atoms with E-state index in [1.54, 1.807) is 11.0 Å². The van der Waals surface area contributed by atoms with E-state index in [1.165, 1.54) is 12.1 Å². The summed E-state index contributed by atoms with van der Waals surface area (Å²) in [4.78, 5) is 13.5. The first-order chi connectivity index (χ1) is 8.69. The third-order valence-corrected chi connectivity index (χ3v) is 3.26. The Morgan fingerprint density at radius 3 is 3.00 bits per heavy atom. The van der Waals surface area contributed by atoms with Crippen molar-refractivity contribution in [2.24, 2.45) is 5.92 Å². The van der Waals surface area contributed by atoms with E-state index in [0.717, 1.165) is 12.0 Å². The quantitative estimate of drug-likeness (QED) is 0.820. The van der Waals surface area contributed by atoms with Gasteiger partial charge in [-0.15, -0.1) is 0 Å². The molecule has 1 heterocycles. The number of nitrogens with zero attached hydrogens (tertiary/aromatic N) is 2. The molecule has 1 aliphatic heterocycles. The minimum atomic E-state index is -0.248. The Hall–Kier alpha value is -1.89. The van der Waals surface area contributed by atoms with Crippen LogP contribution in [0.3, 0.4) is 0 Å². The summed E-state index contributed by atoms with van der Waals surface area (Å²) in [6.07, 6.45) is 1.71. The van der Waals surface area contributed by atoms with Crippen LogP contribution in [0.4, 0.5) is 4.39 Å². The van der Waals surface area contributed by atoms with Gasteiger partial charge in [0.1, 0.15) is 5.82 Å². The van der Waals surface area contributed by atoms with Gasteiger partial charge < -0.3 is 4.90 Å². The number of halogens is 1. The van der Waals surface area contributed by atoms with Crippen LogP contribution in [-0.2, 0) is 11.2 Å². The van der Waals surface area contributed by atoms with E-state index >= 15 is 0 Å². The molecule has 2 rings (SSSR count). The van der Waals surface area contributed by atoms with Crippen molar-refractivity contribution in [1.82, 2.24) is 4.90 Å². The second-order valence-electron chi connectivity index (χ2n) is 4.58. The molecule has 1 unspecified atom stereocenters. The zero-order valence-electron chi connectivity index (χ0n) is 10.1. The number of piperidine rings is 1. The van der Waals surface area contributed by atoms with Crippen LogP contribution in [0.1, 0.15) is 18.4 Å². The maximum absolute atomic E-state index is 13.0. The standard InChI is InChI=1S/C14H15FN2O/c15-13-3-1-2-11(8-13)4-6-17-7-5-12(10-16)9-14(17)18/h1-3,8,12H,4-7,9H2. The predicted octanol–water partition coefficient (Wildman–Crippen LogP) is 2.13. The van der Waals surface area contributed by atoms with Crippen molar-refractivity contribution in [3.63, 3.8) is 0 Å². The van der Waals surface area contributed by atoms with Crippen LogP contribution in [0.25, 0.3) is 0 Å². The van der Waals surface area contributed by atoms with Crippen molar-refractivity contribution >= 4 is 5.91 Å². The van der Waals surface area contributed by atoms with Gasteiger partial charge in [0, 0.05) is 19.5 Å². The monoisotopic (exact) mass is 246 g/mol. The van der Waals surface area contributed by atoms with Crippen LogP contribution >= 0.6 is 0 Å². The fourth-order valence-corrected chi connectivity index (χ4v) is 2.18. The molecule has 0 bridgehead atoms. The van der Waals surface area contributed by atoms with E-state index in [2.05, 4.69) is 6.07 Å². The van der Waals surface area contributed by atoms with E-state index in [9.17, 15) is 9.18 Å². The summed E-state index contributed by atoms with van der Waals surface area (Å²) >= 11 is 0. The molecule has 3 nitrogen and oxygen atoms in total. The number of rotatable bonds is 3. The Kier molecular flexibility index (Phi) is 3.93. The smallest absolute Gasteiger partial charge is 0.223 e. The van der Waals surface area contributed by atoms with E-state index in [1.807, 2.05) is 6.07 Å². The summed E-state index contributed by atoms with van der Waals surface area (Å²) in [6, 6.07) is 8.57. The van der Waals surface area contributed by atoms with Gasteiger partial charge in [-0.25, -0.2) is 4.39 Å². The van der Waals surface area contributed by atoms with Crippen molar-refractivity contribution < 1.29 is 9.18 Å². The number of hydrogen-bond donors (Lipinski definition) is 0. The molecule has 0 spiro atoms. The van der Waals surface area contributed by atoms with Gasteiger partial charge in [0.2, 0.25) is 5.91 Å². The molecule has 4 heteroatoms. The average Bonchev–Trinajstić information content (AvgIpc) is 2.37. The molecule has 0 radical (unpaired) electrons. The maximum Gasteiger partial charge on any atom is 0.223 e. The van der Waals surface area contributed by atoms with Gasteiger partial charge in [-0.05, 0) is 30.5 Å². The molecule has 1 amide bonds. The van der Waals surface area contributed by atoms with E-state index in [4.69, 9.17) is 5.26 Å². The zero-order valence-corrected chi connectivity index (χ0v) is 10.1. The molecule has 0 saturated carbocycles. The SMILES string of the molecule is N#CC1CCN(CCc2cccc(F)c2)C(=O)C1. The third-order valence-electron chi connectivity index (χ3n) is 3.26. The molecule has 1 aromatic carbocycles. The van der Waals surface area contributed by atoms with Gasteiger partial charge in [-0.3, -0.25) is 4.79 Å². The van der Waals surface area contributed by atoms with Crippen LogP contribution in [-0.4, -0.2) is 23.9 Å². The third kappa shape index (κ3) is 3.07. The number of carbonyl (C=O) groups excluding carboxylic acids is 1. The van der Waals surface area contributed by atoms with Crippen molar-refractivity contribution in [2.45, 2.75) is 19.3 Å². The van der Waals surface area contributed by atoms with Crippen LogP contribution in [0, 0.1) is 23.1 Å². The summed E-state index contributed by atoms with van der Waals surface area (Å²) in [7, 11) is 0. The Labute approximate surface area is 106 Å². The molecule has 1 atom stereocenters. The first kappa shape index (κ1) is 12.6. The number of hydrogen-bond acceptors (Lipinski definition) is 2. The lowest BCUT2D eigenvalue weighted by molar-refractivity contribution is -0.134. The number of benzene rings is 1. The average molecular weight is 246 g/mol. The molecule has 0 aromatic heterocycles. The lowest BCUT2D eigenvalue weighted by atomic mass is 9.97. The number of amides is 1. The van der Waals surface area contributed by atoms with Crippen LogP contribution < -0.4 is 0 Å². The van der Waals surface area contributed by atoms with Gasteiger partial charge in [0.05, 0.1) is 12.0 Å². The largest absolute Gasteiger partial charge is 0.342 e. The molecule has 1 aliphatic rings. The Morgan fingerprint density at radius 1 is 1.50 bits per heavy atom. The zero-order chi connectivity index (χ0) is 13.0. The lowest BCUT2D eigenvalue weighted by Gasteiger charge is -2.29. The minimum absolute atomic E-state index is 0.0317. The highest BCUT2D eigenvalue weighted by atomic mass is 19.1. The first-order valence-electron chi connectivity index (χ1n) is 6.11. The van der Waals surface area contributed by atoms with Crippen molar-refractivity contribution in [3.8, 4) is 6.07 Å². The summed E-state index contributed by atoms with van der Waals surface area (Å²) < 4.78 is 13.0. The Morgan fingerprint density at radius 2 is 2.33 bits per heavy atom. The van der Waals surface area contributed by atoms with Crippen molar-refractivity contribution in [2.75, 3.05) is 13.1 Å². The van der Waals surface area contributed by atoms with Crippen molar-refractivity contribution in [3.05, 3.63) is 35.6 Å². The fraction of sp³-hybridized carbons (Fsp3) is 0.429. The maximum atomic E-state index is 13.0. The first-order valence-corrected chi connectivity index (χ1v) is 6.11. The lowest BCUT2D eigenvalue weighted by Crippen LogP contribution is -2.39. The Balaban J connectivity index is 1.88. The van der Waals surface area contributed by atoms with E-state index in [-0.39, 0.29) is 17.6 Å². The summed E-state index contributed by atoms with van der Waals surface area (Å²) in [5.41, 5.74) is 0.894. The fourth-order valence-electron chi connectivity index (χ4n) is 2.18. The molecule has 18 heavy (non-hydrogen) atoms. The minimum Gasteiger partial charge on any atom is -0.342 e. The molecule has 1 fully saturated rings. The van der Waals surface area contributed by atoms with E-state index < -0.39 is 0 Å². The second-order valence-corrected chi connectivity index (χ2v) is 4.58. The van der Waals surface area contributed by atoms with Crippen LogP contribution in [0.5, 0.6) is 0 Å². The molecule has 1 saturated heterocycles. The van der Waals surface area contributed by atoms with Gasteiger partial charge in [-0.1, -0.05) is 12.1 Å². The summed E-state index contributed by atoms with van der Waals surface area (Å²) in [5, 5.41) is 8.77. The van der Waals surface area contributed by atoms with Gasteiger partial charge in [-0.2, -0.15) is 5.26 Å². The Bertz CT molecular complexity index is 481. The number of nitriles is 1. The summed E-state index contributed by atoms with van der Waals surface area (Å²) in [6.45, 7) is 1.23. The van der Waals surface area contributed by atoms with E-state index in [0.29, 0.717) is 25.9 Å². The molecular formula is C14H15FN2O. The molecule has 0 aliphatic carbocycles. The van der Waals surface area contributed by atoms with Crippen LogP contribution in [0.15, 0.2) is 24.3 Å². The van der Waals surface area contributed by atoms with Gasteiger partial charge in [0.15, 0.2) is 0 Å². The number of likely N-dealkylation sites (tertiary alicyclic amines) is 1. The summed E-state index contributed by atoms with van der Waals surface area (Å²) in [5.74, 6) is -0.353. The molecular weight excluding hydrogens is 231 g/mol. The predicted molar refractivity (Wildman–Crippen MR) is 65.0 cm³/mol. The van der Waals surface area contributed by atoms with Crippen LogP contribution in [0.2, 0.25) is 0 Å². The van der Waals surface area contributed by atoms with Gasteiger partial charge in [0.25, 0.3) is 0 Å². The van der Waals surface area contributed by atoms with Crippen molar-refractivity contribution in [1.29, 1.82) is 5.26 Å². The molecule has 0 N–H and O–H groups in total.